The van der Waals surface area contributed by atoms with Crippen molar-refractivity contribution in [3.8, 4) is 0 Å². The summed E-state index contributed by atoms with van der Waals surface area (Å²) in [6.45, 7) is 6.20. The summed E-state index contributed by atoms with van der Waals surface area (Å²) < 4.78 is 13.4. The van der Waals surface area contributed by atoms with E-state index in [0.29, 0.717) is 24.1 Å². The average Bonchev–Trinajstić information content (AvgIpc) is 2.87. The van der Waals surface area contributed by atoms with E-state index in [-0.39, 0.29) is 30.2 Å². The molecule has 1 aromatic carbocycles. The lowest BCUT2D eigenvalue weighted by atomic mass is 9.92. The molecule has 0 saturated carbocycles. The molecule has 5 nitrogen and oxygen atoms in total. The number of halogens is 1. The first kappa shape index (κ1) is 16.7. The molecule has 1 aromatic rings. The average molecular weight is 333 g/mol. The van der Waals surface area contributed by atoms with E-state index in [0.717, 1.165) is 19.5 Å². The summed E-state index contributed by atoms with van der Waals surface area (Å²) in [4.78, 5) is 28.0. The molecule has 130 valence electrons. The number of carbonyl (C=O) groups is 2. The molecular weight excluding hydrogens is 309 g/mol. The van der Waals surface area contributed by atoms with Crippen LogP contribution in [0.5, 0.6) is 0 Å². The van der Waals surface area contributed by atoms with Crippen LogP contribution >= 0.6 is 0 Å². The van der Waals surface area contributed by atoms with Gasteiger partial charge >= 0.3 is 6.03 Å². The molecule has 3 atom stereocenters. The molecule has 3 unspecified atom stereocenters. The number of nitrogens with zero attached hydrogens (tertiary/aromatic N) is 2. The monoisotopic (exact) mass is 333 g/mol. The van der Waals surface area contributed by atoms with E-state index < -0.39 is 0 Å². The van der Waals surface area contributed by atoms with Crippen LogP contribution < -0.4 is 10.2 Å². The lowest BCUT2D eigenvalue weighted by Gasteiger charge is -2.35. The van der Waals surface area contributed by atoms with Crippen molar-refractivity contribution in [2.45, 2.75) is 32.7 Å². The molecule has 3 amide bonds. The third-order valence-corrected chi connectivity index (χ3v) is 4.73. The molecule has 1 N–H and O–H groups in total. The number of nitrogens with one attached hydrogen (secondary N) is 1. The number of anilines is 1. The lowest BCUT2D eigenvalue weighted by Crippen LogP contribution is -2.50. The van der Waals surface area contributed by atoms with Gasteiger partial charge in [-0.2, -0.15) is 0 Å². The van der Waals surface area contributed by atoms with E-state index in [1.54, 1.807) is 12.1 Å². The number of benzene rings is 1. The van der Waals surface area contributed by atoms with Crippen LogP contribution in [0.1, 0.15) is 26.7 Å². The maximum absolute atomic E-state index is 13.4. The van der Waals surface area contributed by atoms with E-state index in [1.807, 2.05) is 4.90 Å². The number of amides is 3. The lowest BCUT2D eigenvalue weighted by molar-refractivity contribution is -0.117. The largest absolute Gasteiger partial charge is 0.333 e. The number of likely N-dealkylation sites (tertiary alicyclic amines) is 1. The van der Waals surface area contributed by atoms with Gasteiger partial charge in [0.2, 0.25) is 5.91 Å². The van der Waals surface area contributed by atoms with Crippen molar-refractivity contribution in [2.75, 3.05) is 24.5 Å². The van der Waals surface area contributed by atoms with Crippen molar-refractivity contribution in [3.63, 3.8) is 0 Å². The molecule has 0 spiro atoms. The van der Waals surface area contributed by atoms with Crippen molar-refractivity contribution in [2.24, 2.45) is 11.8 Å². The van der Waals surface area contributed by atoms with Crippen LogP contribution in [0.4, 0.5) is 14.9 Å². The summed E-state index contributed by atoms with van der Waals surface area (Å²) in [5.74, 6) is 0.525. The van der Waals surface area contributed by atoms with Crippen molar-refractivity contribution >= 4 is 17.6 Å². The predicted molar refractivity (Wildman–Crippen MR) is 90.2 cm³/mol. The summed E-state index contributed by atoms with van der Waals surface area (Å²) in [6.07, 6.45) is 1.39. The molecule has 0 aliphatic carbocycles. The van der Waals surface area contributed by atoms with Gasteiger partial charge in [-0.3, -0.25) is 4.79 Å². The van der Waals surface area contributed by atoms with E-state index in [4.69, 9.17) is 0 Å². The van der Waals surface area contributed by atoms with Gasteiger partial charge in [-0.05, 0) is 36.5 Å². The Labute approximate surface area is 141 Å². The van der Waals surface area contributed by atoms with Gasteiger partial charge in [-0.25, -0.2) is 9.18 Å². The Bertz CT molecular complexity index is 626. The normalized spacial score (nSPS) is 27.5. The Hall–Kier alpha value is -2.11. The van der Waals surface area contributed by atoms with Gasteiger partial charge in [-0.1, -0.05) is 19.9 Å². The number of hydrogen-bond acceptors (Lipinski definition) is 2. The number of piperidine rings is 1. The first-order valence-electron chi connectivity index (χ1n) is 8.53. The summed E-state index contributed by atoms with van der Waals surface area (Å²) in [6, 6.07) is 5.64. The Kier molecular flexibility index (Phi) is 4.73. The molecule has 2 aliphatic rings. The molecule has 2 fully saturated rings. The Morgan fingerprint density at radius 3 is 2.58 bits per heavy atom. The summed E-state index contributed by atoms with van der Waals surface area (Å²) >= 11 is 0. The maximum Gasteiger partial charge on any atom is 0.317 e. The van der Waals surface area contributed by atoms with Crippen LogP contribution in [0.25, 0.3) is 0 Å². The second-order valence-electron chi connectivity index (χ2n) is 7.19. The maximum atomic E-state index is 13.4. The fourth-order valence-corrected chi connectivity index (χ4v) is 3.79. The van der Waals surface area contributed by atoms with E-state index in [1.165, 1.54) is 17.0 Å². The summed E-state index contributed by atoms with van der Waals surface area (Å²) in [5.41, 5.74) is 0.539. The van der Waals surface area contributed by atoms with Crippen LogP contribution in [0.3, 0.4) is 0 Å². The molecule has 24 heavy (non-hydrogen) atoms. The van der Waals surface area contributed by atoms with Crippen LogP contribution in [0, 0.1) is 17.7 Å². The SMILES string of the molecule is CC1CC(C)CN(C(=O)NC2CC(=O)N(c3cccc(F)c3)C2)C1. The highest BCUT2D eigenvalue weighted by Gasteiger charge is 2.33. The van der Waals surface area contributed by atoms with Crippen LogP contribution in [-0.2, 0) is 4.79 Å². The third-order valence-electron chi connectivity index (χ3n) is 4.73. The zero-order valence-electron chi connectivity index (χ0n) is 14.2. The molecule has 6 heteroatoms. The minimum absolute atomic E-state index is 0.0914. The number of rotatable bonds is 2. The number of hydrogen-bond donors (Lipinski definition) is 1. The molecule has 2 aliphatic heterocycles. The first-order chi connectivity index (χ1) is 11.4. The smallest absolute Gasteiger partial charge is 0.317 e. The van der Waals surface area contributed by atoms with Crippen LogP contribution in [0.2, 0.25) is 0 Å². The van der Waals surface area contributed by atoms with Gasteiger partial charge in [0, 0.05) is 31.7 Å². The zero-order chi connectivity index (χ0) is 17.3. The number of urea groups is 1. The van der Waals surface area contributed by atoms with Crippen molar-refractivity contribution in [3.05, 3.63) is 30.1 Å². The van der Waals surface area contributed by atoms with Gasteiger partial charge in [0.1, 0.15) is 5.82 Å². The van der Waals surface area contributed by atoms with Crippen molar-refractivity contribution < 1.29 is 14.0 Å². The van der Waals surface area contributed by atoms with Gasteiger partial charge in [0.25, 0.3) is 0 Å². The highest BCUT2D eigenvalue weighted by atomic mass is 19.1. The minimum atomic E-state index is -0.371. The van der Waals surface area contributed by atoms with Gasteiger partial charge in [-0.15, -0.1) is 0 Å². The Morgan fingerprint density at radius 2 is 1.92 bits per heavy atom. The Morgan fingerprint density at radius 1 is 1.21 bits per heavy atom. The molecule has 0 bridgehead atoms. The first-order valence-corrected chi connectivity index (χ1v) is 8.53. The zero-order valence-corrected chi connectivity index (χ0v) is 14.2. The standard InChI is InChI=1S/C18H24FN3O2/c1-12-6-13(2)10-21(9-12)18(24)20-15-8-17(23)22(11-15)16-5-3-4-14(19)7-16/h3-5,7,12-13,15H,6,8-11H2,1-2H3,(H,20,24). The fraction of sp³-hybridized carbons (Fsp3) is 0.556. The highest BCUT2D eigenvalue weighted by molar-refractivity contribution is 5.96. The number of carbonyl (C=O) groups excluding carboxylic acids is 2. The highest BCUT2D eigenvalue weighted by Crippen LogP contribution is 2.24. The molecule has 0 aromatic heterocycles. The molecule has 3 rings (SSSR count). The topological polar surface area (TPSA) is 52.7 Å². The van der Waals surface area contributed by atoms with Crippen molar-refractivity contribution in [1.29, 1.82) is 0 Å². The molecular formula is C18H24FN3O2. The van der Waals surface area contributed by atoms with E-state index in [2.05, 4.69) is 19.2 Å². The molecule has 2 saturated heterocycles. The second-order valence-corrected chi connectivity index (χ2v) is 7.19. The fourth-order valence-electron chi connectivity index (χ4n) is 3.79. The predicted octanol–water partition coefficient (Wildman–Crippen LogP) is 2.62. The van der Waals surface area contributed by atoms with E-state index >= 15 is 0 Å². The Balaban J connectivity index is 1.61. The van der Waals surface area contributed by atoms with Crippen LogP contribution in [-0.4, -0.2) is 42.5 Å². The molecule has 0 radical (unpaired) electrons. The van der Waals surface area contributed by atoms with Crippen molar-refractivity contribution in [1.82, 2.24) is 10.2 Å². The quantitative estimate of drug-likeness (QED) is 0.904. The summed E-state index contributed by atoms with van der Waals surface area (Å²) in [7, 11) is 0. The third kappa shape index (κ3) is 3.68. The summed E-state index contributed by atoms with van der Waals surface area (Å²) in [5, 5.41) is 2.97. The van der Waals surface area contributed by atoms with E-state index in [9.17, 15) is 14.0 Å². The second kappa shape index (κ2) is 6.79. The van der Waals surface area contributed by atoms with Crippen LogP contribution in [0.15, 0.2) is 24.3 Å². The van der Waals surface area contributed by atoms with Gasteiger partial charge in [0.05, 0.1) is 6.04 Å². The van der Waals surface area contributed by atoms with Gasteiger partial charge < -0.3 is 15.1 Å². The molecule has 2 heterocycles. The minimum Gasteiger partial charge on any atom is -0.333 e. The van der Waals surface area contributed by atoms with Gasteiger partial charge in [0.15, 0.2) is 0 Å².